The van der Waals surface area contributed by atoms with Gasteiger partial charge < -0.3 is 9.30 Å². The van der Waals surface area contributed by atoms with Crippen molar-refractivity contribution >= 4 is 11.6 Å². The number of hydrogen-bond donors (Lipinski definition) is 0. The number of rotatable bonds is 5. The van der Waals surface area contributed by atoms with Gasteiger partial charge in [0.2, 0.25) is 5.95 Å². The predicted octanol–water partition coefficient (Wildman–Crippen LogP) is 4.95. The van der Waals surface area contributed by atoms with Gasteiger partial charge in [-0.05, 0) is 68.6 Å². The summed E-state index contributed by atoms with van der Waals surface area (Å²) < 4.78 is 16.2. The normalized spacial score (nSPS) is 16.6. The minimum atomic E-state index is -0.255. The number of anilines is 1. The van der Waals surface area contributed by atoms with Gasteiger partial charge in [-0.1, -0.05) is 12.1 Å². The lowest BCUT2D eigenvalue weighted by Gasteiger charge is -2.27. The summed E-state index contributed by atoms with van der Waals surface area (Å²) in [5, 5.41) is 0. The molecule has 0 spiro atoms. The molecule has 1 aliphatic heterocycles. The maximum absolute atomic E-state index is 14.0. The van der Waals surface area contributed by atoms with Gasteiger partial charge in [0, 0.05) is 38.6 Å². The van der Waals surface area contributed by atoms with E-state index in [1.807, 2.05) is 31.3 Å². The fourth-order valence-corrected chi connectivity index (χ4v) is 4.76. The van der Waals surface area contributed by atoms with Crippen molar-refractivity contribution in [1.29, 1.82) is 0 Å². The lowest BCUT2D eigenvalue weighted by molar-refractivity contribution is 0.241. The Hall–Kier alpha value is -3.32. The fraction of sp³-hybridized carbons (Fsp3) is 0.346. The van der Waals surface area contributed by atoms with Crippen molar-refractivity contribution in [3.63, 3.8) is 0 Å². The van der Waals surface area contributed by atoms with Crippen LogP contribution in [0.4, 0.5) is 10.3 Å². The Morgan fingerprint density at radius 2 is 1.97 bits per heavy atom. The van der Waals surface area contributed by atoms with Gasteiger partial charge in [-0.25, -0.2) is 19.3 Å². The monoisotopic (exact) mass is 444 g/mol. The minimum absolute atomic E-state index is 0.125. The van der Waals surface area contributed by atoms with Crippen molar-refractivity contribution < 1.29 is 4.39 Å². The van der Waals surface area contributed by atoms with Crippen molar-refractivity contribution in [3.05, 3.63) is 77.3 Å². The number of nitrogens with zero attached hydrogens (tertiary/aromatic N) is 6. The molecule has 1 unspecified atom stereocenters. The Morgan fingerprint density at radius 1 is 1.12 bits per heavy atom. The Labute approximate surface area is 193 Å². The molecule has 0 amide bonds. The zero-order valence-electron chi connectivity index (χ0n) is 19.6. The van der Waals surface area contributed by atoms with E-state index in [9.17, 15) is 4.39 Å². The molecular weight excluding hydrogens is 415 g/mol. The van der Waals surface area contributed by atoms with Gasteiger partial charge in [-0.3, -0.25) is 4.90 Å². The van der Waals surface area contributed by atoms with Crippen molar-refractivity contribution in [2.75, 3.05) is 25.5 Å². The molecule has 6 nitrogen and oxygen atoms in total. The molecule has 1 saturated heterocycles. The fourth-order valence-electron chi connectivity index (χ4n) is 4.76. The summed E-state index contributed by atoms with van der Waals surface area (Å²) in [5.74, 6) is 0.411. The molecule has 0 radical (unpaired) electrons. The highest BCUT2D eigenvalue weighted by molar-refractivity contribution is 5.66. The van der Waals surface area contributed by atoms with Gasteiger partial charge in [0.15, 0.2) is 0 Å². The number of aromatic nitrogens is 4. The molecule has 3 aromatic heterocycles. The average Bonchev–Trinajstić information content (AvgIpc) is 3.37. The van der Waals surface area contributed by atoms with Crippen molar-refractivity contribution in [2.45, 2.75) is 39.3 Å². The van der Waals surface area contributed by atoms with Crippen LogP contribution in [0.25, 0.3) is 16.8 Å². The molecule has 170 valence electrons. The number of aryl methyl sites for hydroxylation is 2. The second kappa shape index (κ2) is 8.56. The number of halogens is 1. The topological polar surface area (TPSA) is 49.6 Å². The summed E-state index contributed by atoms with van der Waals surface area (Å²) in [4.78, 5) is 18.7. The van der Waals surface area contributed by atoms with Crippen LogP contribution in [0.15, 0.2) is 48.8 Å². The molecule has 1 atom stereocenters. The third-order valence-corrected chi connectivity index (χ3v) is 6.45. The van der Waals surface area contributed by atoms with Crippen LogP contribution < -0.4 is 4.90 Å². The molecule has 33 heavy (non-hydrogen) atoms. The number of fused-ring (bicyclic) bond motifs is 1. The second-order valence-corrected chi connectivity index (χ2v) is 9.08. The third kappa shape index (κ3) is 4.09. The molecule has 1 aliphatic rings. The summed E-state index contributed by atoms with van der Waals surface area (Å²) >= 11 is 0. The van der Waals surface area contributed by atoms with E-state index in [1.54, 1.807) is 12.1 Å². The highest BCUT2D eigenvalue weighted by Gasteiger charge is 2.31. The van der Waals surface area contributed by atoms with Crippen molar-refractivity contribution in [3.8, 4) is 11.1 Å². The molecule has 0 aliphatic carbocycles. The number of hydrogen-bond acceptors (Lipinski definition) is 5. The molecule has 0 N–H and O–H groups in total. The first-order valence-electron chi connectivity index (χ1n) is 11.4. The van der Waals surface area contributed by atoms with E-state index in [0.29, 0.717) is 5.95 Å². The second-order valence-electron chi connectivity index (χ2n) is 9.08. The van der Waals surface area contributed by atoms with E-state index in [1.165, 1.54) is 17.3 Å². The molecule has 7 heteroatoms. The quantitative estimate of drug-likeness (QED) is 0.436. The summed E-state index contributed by atoms with van der Waals surface area (Å²) in [6.07, 6.45) is 6.04. The predicted molar refractivity (Wildman–Crippen MR) is 129 cm³/mol. The van der Waals surface area contributed by atoms with Gasteiger partial charge in [-0.2, -0.15) is 0 Å². The van der Waals surface area contributed by atoms with E-state index in [2.05, 4.69) is 46.5 Å². The lowest BCUT2D eigenvalue weighted by atomic mass is 9.99. The molecule has 5 rings (SSSR count). The third-order valence-electron chi connectivity index (χ3n) is 6.45. The van der Waals surface area contributed by atoms with E-state index in [0.717, 1.165) is 54.1 Å². The van der Waals surface area contributed by atoms with E-state index >= 15 is 0 Å². The average molecular weight is 445 g/mol. The van der Waals surface area contributed by atoms with Crippen LogP contribution in [0.3, 0.4) is 0 Å². The van der Waals surface area contributed by atoms with Gasteiger partial charge in [-0.15, -0.1) is 0 Å². The van der Waals surface area contributed by atoms with Crippen molar-refractivity contribution in [2.24, 2.45) is 0 Å². The molecule has 4 aromatic rings. The van der Waals surface area contributed by atoms with Gasteiger partial charge in [0.1, 0.15) is 11.5 Å². The SMILES string of the molecule is Cc1ccn2c(CN3CCCC3c3nc(N(C)C)ncc3-c3cccc(F)c3)c(C)nc2c1. The Balaban J connectivity index is 1.56. The van der Waals surface area contributed by atoms with E-state index < -0.39 is 0 Å². The van der Waals surface area contributed by atoms with Crippen LogP contribution in [0.2, 0.25) is 0 Å². The Morgan fingerprint density at radius 3 is 2.76 bits per heavy atom. The van der Waals surface area contributed by atoms with Crippen LogP contribution in [0, 0.1) is 19.7 Å². The summed E-state index contributed by atoms with van der Waals surface area (Å²) in [5.41, 5.74) is 7.09. The first-order valence-corrected chi connectivity index (χ1v) is 11.4. The van der Waals surface area contributed by atoms with Crippen LogP contribution >= 0.6 is 0 Å². The van der Waals surface area contributed by atoms with Gasteiger partial charge >= 0.3 is 0 Å². The highest BCUT2D eigenvalue weighted by Crippen LogP contribution is 2.38. The zero-order valence-corrected chi connectivity index (χ0v) is 19.6. The maximum atomic E-state index is 14.0. The largest absolute Gasteiger partial charge is 0.347 e. The van der Waals surface area contributed by atoms with E-state index in [4.69, 9.17) is 9.97 Å². The van der Waals surface area contributed by atoms with Crippen molar-refractivity contribution in [1.82, 2.24) is 24.3 Å². The number of likely N-dealkylation sites (tertiary alicyclic amines) is 1. The van der Waals surface area contributed by atoms with Gasteiger partial charge in [0.05, 0.1) is 23.1 Å². The molecular formula is C26H29FN6. The summed E-state index contributed by atoms with van der Waals surface area (Å²) in [7, 11) is 3.88. The van der Waals surface area contributed by atoms with Crippen LogP contribution in [-0.4, -0.2) is 44.9 Å². The molecule has 0 saturated carbocycles. The van der Waals surface area contributed by atoms with Crippen LogP contribution in [-0.2, 0) is 6.54 Å². The number of imidazole rings is 1. The first-order chi connectivity index (χ1) is 15.9. The molecule has 0 bridgehead atoms. The maximum Gasteiger partial charge on any atom is 0.225 e. The van der Waals surface area contributed by atoms with Crippen LogP contribution in [0.1, 0.15) is 41.5 Å². The molecule has 1 fully saturated rings. The molecule has 4 heterocycles. The summed E-state index contributed by atoms with van der Waals surface area (Å²) in [6, 6.07) is 11.1. The highest BCUT2D eigenvalue weighted by atomic mass is 19.1. The molecule has 1 aromatic carbocycles. The van der Waals surface area contributed by atoms with Gasteiger partial charge in [0.25, 0.3) is 0 Å². The van der Waals surface area contributed by atoms with E-state index in [-0.39, 0.29) is 11.9 Å². The van der Waals surface area contributed by atoms with Crippen LogP contribution in [0.5, 0.6) is 0 Å². The first kappa shape index (κ1) is 21.5. The Bertz CT molecular complexity index is 1310. The lowest BCUT2D eigenvalue weighted by Crippen LogP contribution is -2.26. The minimum Gasteiger partial charge on any atom is -0.347 e. The standard InChI is InChI=1S/C26H29FN6/c1-17-10-12-33-23(18(2)29-24(33)13-17)16-32-11-6-9-22(32)25-21(15-28-26(30-25)31(3)4)19-7-5-8-20(27)14-19/h5,7-8,10,12-15,22H,6,9,11,16H2,1-4H3. The number of benzene rings is 1. The summed E-state index contributed by atoms with van der Waals surface area (Å²) in [6.45, 7) is 5.93. The number of pyridine rings is 1. The Kier molecular flexibility index (Phi) is 5.58. The zero-order chi connectivity index (χ0) is 23.1. The smallest absolute Gasteiger partial charge is 0.225 e.